The van der Waals surface area contributed by atoms with E-state index in [1.54, 1.807) is 0 Å². The van der Waals surface area contributed by atoms with Crippen LogP contribution in [0, 0.1) is 24.2 Å². The van der Waals surface area contributed by atoms with Crippen LogP contribution in [0.1, 0.15) is 31.2 Å². The summed E-state index contributed by atoms with van der Waals surface area (Å²) in [4.78, 5) is 2.33. The lowest BCUT2D eigenvalue weighted by Crippen LogP contribution is -2.46. The number of nitriles is 1. The molecule has 4 rings (SSSR count). The average molecular weight is 351 g/mol. The molecule has 26 heavy (non-hydrogen) atoms. The standard InChI is InChI=1S/C20H25N5O/c1-15-10-17(24-11-16(12-24)7-8-21)5-6-19(15)20-14-25(23-22-20)13-18-4-2-3-9-26-18/h5-6,10,14,16,18H,2-4,7,9,11-13H2,1H3. The Hall–Kier alpha value is -2.39. The van der Waals surface area contributed by atoms with Crippen LogP contribution in [0.15, 0.2) is 24.4 Å². The molecule has 0 amide bonds. The molecule has 2 aliphatic heterocycles. The largest absolute Gasteiger partial charge is 0.376 e. The van der Waals surface area contributed by atoms with E-state index in [1.807, 2.05) is 10.9 Å². The van der Waals surface area contributed by atoms with E-state index < -0.39 is 0 Å². The average Bonchev–Trinajstić information content (AvgIpc) is 3.06. The third kappa shape index (κ3) is 3.58. The maximum atomic E-state index is 8.78. The Balaban J connectivity index is 1.42. The fourth-order valence-electron chi connectivity index (χ4n) is 3.84. The Morgan fingerprint density at radius 3 is 2.92 bits per heavy atom. The van der Waals surface area contributed by atoms with Crippen LogP contribution < -0.4 is 4.90 Å². The summed E-state index contributed by atoms with van der Waals surface area (Å²) in [6, 6.07) is 8.75. The van der Waals surface area contributed by atoms with Crippen molar-refractivity contribution in [3.8, 4) is 17.3 Å². The highest BCUT2D eigenvalue weighted by molar-refractivity contribution is 5.67. The molecule has 6 nitrogen and oxygen atoms in total. The Labute approximate surface area is 154 Å². The van der Waals surface area contributed by atoms with Crippen LogP contribution in [0.4, 0.5) is 5.69 Å². The summed E-state index contributed by atoms with van der Waals surface area (Å²) in [5.41, 5.74) is 4.46. The number of aromatic nitrogens is 3. The minimum Gasteiger partial charge on any atom is -0.376 e. The van der Waals surface area contributed by atoms with Gasteiger partial charge in [0.25, 0.3) is 0 Å². The molecular weight excluding hydrogens is 326 g/mol. The predicted molar refractivity (Wildman–Crippen MR) is 99.7 cm³/mol. The van der Waals surface area contributed by atoms with Gasteiger partial charge in [-0.3, -0.25) is 0 Å². The molecule has 2 aromatic rings. The molecule has 1 unspecified atom stereocenters. The second-order valence-corrected chi connectivity index (χ2v) is 7.45. The molecule has 2 saturated heterocycles. The second-order valence-electron chi connectivity index (χ2n) is 7.45. The highest BCUT2D eigenvalue weighted by Crippen LogP contribution is 2.30. The third-order valence-electron chi connectivity index (χ3n) is 5.39. The highest BCUT2D eigenvalue weighted by atomic mass is 16.5. The lowest BCUT2D eigenvalue weighted by atomic mass is 9.95. The number of aryl methyl sites for hydroxylation is 1. The maximum Gasteiger partial charge on any atom is 0.113 e. The number of nitrogens with zero attached hydrogens (tertiary/aromatic N) is 5. The quantitative estimate of drug-likeness (QED) is 0.828. The molecule has 2 aliphatic rings. The molecule has 2 fully saturated rings. The molecule has 0 aliphatic carbocycles. The van der Waals surface area contributed by atoms with Crippen LogP contribution in [0.3, 0.4) is 0 Å². The zero-order valence-corrected chi connectivity index (χ0v) is 15.3. The zero-order chi connectivity index (χ0) is 17.9. The monoisotopic (exact) mass is 351 g/mol. The van der Waals surface area contributed by atoms with Crippen molar-refractivity contribution >= 4 is 5.69 Å². The van der Waals surface area contributed by atoms with Gasteiger partial charge >= 0.3 is 0 Å². The van der Waals surface area contributed by atoms with E-state index in [1.165, 1.54) is 24.1 Å². The van der Waals surface area contributed by atoms with E-state index in [0.29, 0.717) is 12.3 Å². The Morgan fingerprint density at radius 1 is 1.31 bits per heavy atom. The van der Waals surface area contributed by atoms with Gasteiger partial charge in [-0.2, -0.15) is 5.26 Å². The van der Waals surface area contributed by atoms with E-state index in [2.05, 4.69) is 46.4 Å². The van der Waals surface area contributed by atoms with E-state index in [-0.39, 0.29) is 6.10 Å². The summed E-state index contributed by atoms with van der Waals surface area (Å²) in [6.45, 7) is 5.71. The molecule has 0 N–H and O–H groups in total. The smallest absolute Gasteiger partial charge is 0.113 e. The zero-order valence-electron chi connectivity index (χ0n) is 15.3. The van der Waals surface area contributed by atoms with Crippen LogP contribution in [0.25, 0.3) is 11.3 Å². The molecular formula is C20H25N5O. The summed E-state index contributed by atoms with van der Waals surface area (Å²) in [5, 5.41) is 17.4. The molecule has 0 bridgehead atoms. The highest BCUT2D eigenvalue weighted by Gasteiger charge is 2.26. The number of hydrogen-bond donors (Lipinski definition) is 0. The van der Waals surface area contributed by atoms with Crippen molar-refractivity contribution in [1.29, 1.82) is 5.26 Å². The minimum atomic E-state index is 0.259. The van der Waals surface area contributed by atoms with Gasteiger partial charge in [0.1, 0.15) is 5.69 Å². The normalized spacial score (nSPS) is 20.6. The van der Waals surface area contributed by atoms with Crippen molar-refractivity contribution in [1.82, 2.24) is 15.0 Å². The molecule has 3 heterocycles. The lowest BCUT2D eigenvalue weighted by Gasteiger charge is -2.40. The molecule has 0 radical (unpaired) electrons. The van der Waals surface area contributed by atoms with Gasteiger partial charge < -0.3 is 9.64 Å². The van der Waals surface area contributed by atoms with Crippen molar-refractivity contribution in [3.63, 3.8) is 0 Å². The van der Waals surface area contributed by atoms with Crippen molar-refractivity contribution in [3.05, 3.63) is 30.0 Å². The number of benzene rings is 1. The SMILES string of the molecule is Cc1cc(N2CC(CC#N)C2)ccc1-c1cn(CC2CCCCO2)nn1. The fraction of sp³-hybridized carbons (Fsp3) is 0.550. The van der Waals surface area contributed by atoms with Crippen LogP contribution in [0.5, 0.6) is 0 Å². The van der Waals surface area contributed by atoms with Gasteiger partial charge in [0, 0.05) is 43.3 Å². The van der Waals surface area contributed by atoms with Gasteiger partial charge in [-0.05, 0) is 43.9 Å². The Morgan fingerprint density at radius 2 is 2.19 bits per heavy atom. The van der Waals surface area contributed by atoms with Gasteiger partial charge in [0.05, 0.1) is 24.9 Å². The third-order valence-corrected chi connectivity index (χ3v) is 5.39. The molecule has 6 heteroatoms. The van der Waals surface area contributed by atoms with Crippen LogP contribution in [-0.2, 0) is 11.3 Å². The molecule has 0 saturated carbocycles. The summed E-state index contributed by atoms with van der Waals surface area (Å²) >= 11 is 0. The first-order chi connectivity index (χ1) is 12.7. The summed E-state index contributed by atoms with van der Waals surface area (Å²) in [6.07, 6.45) is 6.44. The second kappa shape index (κ2) is 7.46. The number of rotatable bonds is 5. The summed E-state index contributed by atoms with van der Waals surface area (Å²) in [5.74, 6) is 0.516. The van der Waals surface area contributed by atoms with Crippen LogP contribution in [-0.4, -0.2) is 40.8 Å². The summed E-state index contributed by atoms with van der Waals surface area (Å²) < 4.78 is 7.70. The number of hydrogen-bond acceptors (Lipinski definition) is 5. The van der Waals surface area contributed by atoms with Gasteiger partial charge in [0.15, 0.2) is 0 Å². The lowest BCUT2D eigenvalue weighted by molar-refractivity contribution is 0.00370. The van der Waals surface area contributed by atoms with E-state index in [9.17, 15) is 0 Å². The molecule has 0 spiro atoms. The van der Waals surface area contributed by atoms with Crippen LogP contribution >= 0.6 is 0 Å². The van der Waals surface area contributed by atoms with E-state index in [0.717, 1.165) is 43.9 Å². The van der Waals surface area contributed by atoms with Gasteiger partial charge in [-0.15, -0.1) is 5.10 Å². The molecule has 1 atom stereocenters. The topological polar surface area (TPSA) is 67.0 Å². The maximum absolute atomic E-state index is 8.78. The summed E-state index contributed by atoms with van der Waals surface area (Å²) in [7, 11) is 0. The minimum absolute atomic E-state index is 0.259. The van der Waals surface area contributed by atoms with Gasteiger partial charge in [0.2, 0.25) is 0 Å². The first-order valence-electron chi connectivity index (χ1n) is 9.47. The number of anilines is 1. The van der Waals surface area contributed by atoms with Gasteiger partial charge in [-0.1, -0.05) is 11.3 Å². The molecule has 1 aromatic carbocycles. The fourth-order valence-corrected chi connectivity index (χ4v) is 3.84. The van der Waals surface area contributed by atoms with E-state index >= 15 is 0 Å². The molecule has 1 aromatic heterocycles. The Kier molecular flexibility index (Phi) is 4.89. The number of ether oxygens (including phenoxy) is 1. The van der Waals surface area contributed by atoms with Crippen molar-refractivity contribution in [2.24, 2.45) is 5.92 Å². The van der Waals surface area contributed by atoms with Crippen molar-refractivity contribution in [2.75, 3.05) is 24.6 Å². The van der Waals surface area contributed by atoms with Crippen molar-refractivity contribution in [2.45, 2.75) is 45.3 Å². The van der Waals surface area contributed by atoms with E-state index in [4.69, 9.17) is 10.00 Å². The Bertz CT molecular complexity index is 797. The first kappa shape index (κ1) is 17.0. The van der Waals surface area contributed by atoms with Gasteiger partial charge in [-0.25, -0.2) is 4.68 Å². The first-order valence-corrected chi connectivity index (χ1v) is 9.47. The molecule has 136 valence electrons. The predicted octanol–water partition coefficient (Wildman–Crippen LogP) is 3.17. The van der Waals surface area contributed by atoms with Crippen LogP contribution in [0.2, 0.25) is 0 Å². The van der Waals surface area contributed by atoms with Crippen molar-refractivity contribution < 1.29 is 4.74 Å².